The average molecular weight is 280 g/mol. The van der Waals surface area contributed by atoms with Crippen LogP contribution in [0.5, 0.6) is 0 Å². The largest absolute Gasteiger partial charge is 0.481 e. The minimum atomic E-state index is -0.871. The molecule has 0 radical (unpaired) electrons. The van der Waals surface area contributed by atoms with Crippen LogP contribution >= 0.6 is 0 Å². The number of carboxylic acid groups (broad SMARTS) is 1. The minimum absolute atomic E-state index is 0.0132. The third kappa shape index (κ3) is 4.53. The molecule has 1 aromatic rings. The van der Waals surface area contributed by atoms with Crippen molar-refractivity contribution in [1.82, 2.24) is 0 Å². The van der Waals surface area contributed by atoms with Gasteiger partial charge in [-0.05, 0) is 12.0 Å². The van der Waals surface area contributed by atoms with E-state index in [9.17, 15) is 14.9 Å². The first-order valence-electron chi connectivity index (χ1n) is 6.53. The van der Waals surface area contributed by atoms with Crippen molar-refractivity contribution in [2.24, 2.45) is 11.8 Å². The number of rotatable bonds is 7. The fraction of sp³-hybridized carbons (Fsp3) is 0.500. The Morgan fingerprint density at radius 1 is 1.35 bits per heavy atom. The van der Waals surface area contributed by atoms with Crippen LogP contribution in [0.2, 0.25) is 0 Å². The molecule has 1 atom stereocenters. The maximum absolute atomic E-state index is 11.0. The van der Waals surface area contributed by atoms with Crippen molar-refractivity contribution in [1.29, 1.82) is 0 Å². The minimum Gasteiger partial charge on any atom is -0.481 e. The zero-order chi connectivity index (χ0) is 15.3. The van der Waals surface area contributed by atoms with Crippen molar-refractivity contribution in [2.45, 2.75) is 20.8 Å². The summed E-state index contributed by atoms with van der Waals surface area (Å²) in [5, 5.41) is 19.8. The van der Waals surface area contributed by atoms with Crippen LogP contribution in [0.4, 0.5) is 11.4 Å². The highest BCUT2D eigenvalue weighted by atomic mass is 16.6. The Morgan fingerprint density at radius 3 is 2.50 bits per heavy atom. The summed E-state index contributed by atoms with van der Waals surface area (Å²) in [7, 11) is 0. The van der Waals surface area contributed by atoms with E-state index < -0.39 is 16.8 Å². The molecule has 1 N–H and O–H groups in total. The average Bonchev–Trinajstić information content (AvgIpc) is 2.37. The van der Waals surface area contributed by atoms with Crippen LogP contribution in [0.25, 0.3) is 0 Å². The first-order valence-corrected chi connectivity index (χ1v) is 6.53. The molecule has 20 heavy (non-hydrogen) atoms. The molecule has 1 rings (SSSR count). The van der Waals surface area contributed by atoms with Crippen LogP contribution in [-0.4, -0.2) is 29.1 Å². The number of hydrogen-bond donors (Lipinski definition) is 1. The van der Waals surface area contributed by atoms with Crippen LogP contribution in [0.3, 0.4) is 0 Å². The summed E-state index contributed by atoms with van der Waals surface area (Å²) in [6.07, 6.45) is 0. The molecule has 0 saturated carbocycles. The van der Waals surface area contributed by atoms with Gasteiger partial charge in [-0.1, -0.05) is 26.8 Å². The van der Waals surface area contributed by atoms with Gasteiger partial charge < -0.3 is 10.0 Å². The lowest BCUT2D eigenvalue weighted by atomic mass is 10.1. The number of anilines is 1. The summed E-state index contributed by atoms with van der Waals surface area (Å²) in [4.78, 5) is 23.3. The quantitative estimate of drug-likeness (QED) is 0.613. The van der Waals surface area contributed by atoms with E-state index >= 15 is 0 Å². The summed E-state index contributed by atoms with van der Waals surface area (Å²) in [6.45, 7) is 6.66. The molecule has 0 aliphatic carbocycles. The lowest BCUT2D eigenvalue weighted by Crippen LogP contribution is -2.34. The van der Waals surface area contributed by atoms with Crippen LogP contribution in [0.15, 0.2) is 24.3 Å². The van der Waals surface area contributed by atoms with Gasteiger partial charge in [0.05, 0.1) is 10.8 Å². The molecule has 0 aliphatic rings. The molecule has 0 aliphatic heterocycles. The van der Waals surface area contributed by atoms with E-state index in [0.717, 1.165) is 0 Å². The van der Waals surface area contributed by atoms with Crippen molar-refractivity contribution in [3.8, 4) is 0 Å². The van der Waals surface area contributed by atoms with E-state index in [1.807, 2.05) is 18.7 Å². The Kier molecular flexibility index (Phi) is 5.49. The molecular formula is C14H20N2O4. The Hall–Kier alpha value is -2.11. The van der Waals surface area contributed by atoms with Gasteiger partial charge in [-0.3, -0.25) is 14.9 Å². The second kappa shape index (κ2) is 6.88. The van der Waals surface area contributed by atoms with Gasteiger partial charge >= 0.3 is 5.97 Å². The smallest absolute Gasteiger partial charge is 0.308 e. The fourth-order valence-electron chi connectivity index (χ4n) is 1.94. The molecule has 110 valence electrons. The second-order valence-electron chi connectivity index (χ2n) is 5.32. The van der Waals surface area contributed by atoms with Crippen LogP contribution in [0.1, 0.15) is 20.8 Å². The highest BCUT2D eigenvalue weighted by Gasteiger charge is 2.19. The Balaban J connectivity index is 3.00. The maximum atomic E-state index is 11.0. The maximum Gasteiger partial charge on any atom is 0.308 e. The molecule has 6 nitrogen and oxygen atoms in total. The van der Waals surface area contributed by atoms with Gasteiger partial charge in [-0.15, -0.1) is 0 Å². The number of carboxylic acids is 1. The SMILES string of the molecule is CC(C)CN(CC(C)C(=O)O)c1cccc([N+](=O)[O-])c1. The van der Waals surface area contributed by atoms with Crippen molar-refractivity contribution in [2.75, 3.05) is 18.0 Å². The first kappa shape index (κ1) is 15.9. The zero-order valence-corrected chi connectivity index (χ0v) is 11.9. The van der Waals surface area contributed by atoms with E-state index in [0.29, 0.717) is 24.7 Å². The summed E-state index contributed by atoms with van der Waals surface area (Å²) >= 11 is 0. The Bertz CT molecular complexity index is 488. The number of benzene rings is 1. The standard InChI is InChI=1S/C14H20N2O4/c1-10(2)8-15(9-11(3)14(17)18)12-5-4-6-13(7-12)16(19)20/h4-7,10-11H,8-9H2,1-3H3,(H,17,18). The van der Waals surface area contributed by atoms with Crippen LogP contribution < -0.4 is 4.90 Å². The van der Waals surface area contributed by atoms with Crippen molar-refractivity contribution >= 4 is 17.3 Å². The highest BCUT2D eigenvalue weighted by molar-refractivity contribution is 5.70. The topological polar surface area (TPSA) is 83.7 Å². The normalized spacial score (nSPS) is 12.2. The molecule has 0 fully saturated rings. The first-order chi connectivity index (χ1) is 9.31. The monoisotopic (exact) mass is 280 g/mol. The summed E-state index contributed by atoms with van der Waals surface area (Å²) in [5.74, 6) is -1.08. The van der Waals surface area contributed by atoms with Crippen molar-refractivity contribution < 1.29 is 14.8 Å². The van der Waals surface area contributed by atoms with Gasteiger partial charge in [0, 0.05) is 30.9 Å². The molecule has 0 saturated heterocycles. The number of hydrogen-bond acceptors (Lipinski definition) is 4. The highest BCUT2D eigenvalue weighted by Crippen LogP contribution is 2.23. The molecule has 6 heteroatoms. The van der Waals surface area contributed by atoms with Crippen LogP contribution in [-0.2, 0) is 4.79 Å². The van der Waals surface area contributed by atoms with Gasteiger partial charge in [0.25, 0.3) is 5.69 Å². The van der Waals surface area contributed by atoms with Gasteiger partial charge in [-0.2, -0.15) is 0 Å². The summed E-state index contributed by atoms with van der Waals surface area (Å²) in [5.41, 5.74) is 0.695. The fourth-order valence-corrected chi connectivity index (χ4v) is 1.94. The number of nitro benzene ring substituents is 1. The Morgan fingerprint density at radius 2 is 2.00 bits per heavy atom. The van der Waals surface area contributed by atoms with Gasteiger partial charge in [0.2, 0.25) is 0 Å². The predicted octanol–water partition coefficient (Wildman–Crippen LogP) is 2.78. The van der Waals surface area contributed by atoms with Crippen molar-refractivity contribution in [3.05, 3.63) is 34.4 Å². The van der Waals surface area contributed by atoms with Gasteiger partial charge in [-0.25, -0.2) is 0 Å². The third-order valence-electron chi connectivity index (χ3n) is 2.91. The zero-order valence-electron chi connectivity index (χ0n) is 11.9. The molecular weight excluding hydrogens is 260 g/mol. The number of nitrogens with zero attached hydrogens (tertiary/aromatic N) is 2. The summed E-state index contributed by atoms with van der Waals surface area (Å²) < 4.78 is 0. The van der Waals surface area contributed by atoms with E-state index in [1.54, 1.807) is 19.1 Å². The van der Waals surface area contributed by atoms with Gasteiger partial charge in [0.1, 0.15) is 0 Å². The third-order valence-corrected chi connectivity index (χ3v) is 2.91. The number of nitro groups is 1. The second-order valence-corrected chi connectivity index (χ2v) is 5.32. The van der Waals surface area contributed by atoms with Gasteiger partial charge in [0.15, 0.2) is 0 Å². The summed E-state index contributed by atoms with van der Waals surface area (Å²) in [6, 6.07) is 6.30. The van der Waals surface area contributed by atoms with E-state index in [-0.39, 0.29) is 5.69 Å². The number of non-ortho nitro benzene ring substituents is 1. The Labute approximate surface area is 118 Å². The molecule has 1 unspecified atom stereocenters. The molecule has 0 spiro atoms. The predicted molar refractivity (Wildman–Crippen MR) is 76.9 cm³/mol. The lowest BCUT2D eigenvalue weighted by Gasteiger charge is -2.28. The van der Waals surface area contributed by atoms with E-state index in [1.165, 1.54) is 12.1 Å². The van der Waals surface area contributed by atoms with Crippen LogP contribution in [0, 0.1) is 22.0 Å². The number of carbonyl (C=O) groups is 1. The molecule has 0 heterocycles. The van der Waals surface area contributed by atoms with E-state index in [2.05, 4.69) is 0 Å². The molecule has 1 aromatic carbocycles. The van der Waals surface area contributed by atoms with E-state index in [4.69, 9.17) is 5.11 Å². The molecule has 0 amide bonds. The molecule has 0 bridgehead atoms. The lowest BCUT2D eigenvalue weighted by molar-refractivity contribution is -0.384. The van der Waals surface area contributed by atoms with Crippen molar-refractivity contribution in [3.63, 3.8) is 0 Å². The molecule has 0 aromatic heterocycles. The number of aliphatic carboxylic acids is 1.